The van der Waals surface area contributed by atoms with Gasteiger partial charge in [0.15, 0.2) is 0 Å². The minimum absolute atomic E-state index is 0.00749. The number of hydrogen-bond donors (Lipinski definition) is 1. The largest absolute Gasteiger partial charge is 0.378 e. The average molecular weight is 396 g/mol. The van der Waals surface area contributed by atoms with Crippen molar-refractivity contribution in [1.29, 1.82) is 0 Å². The van der Waals surface area contributed by atoms with E-state index < -0.39 is 0 Å². The lowest BCUT2D eigenvalue weighted by Crippen LogP contribution is -2.38. The van der Waals surface area contributed by atoms with Crippen molar-refractivity contribution in [2.75, 3.05) is 49.6 Å². The molecule has 7 nitrogen and oxygen atoms in total. The molecule has 2 aliphatic rings. The van der Waals surface area contributed by atoms with E-state index in [1.807, 2.05) is 30.0 Å². The second kappa shape index (κ2) is 8.78. The number of ether oxygens (including phenoxy) is 1. The van der Waals surface area contributed by atoms with E-state index >= 15 is 0 Å². The number of likely N-dealkylation sites (tertiary alicyclic amines) is 1. The molecule has 1 amide bonds. The Balaban J connectivity index is 1.55. The standard InChI is InChI=1S/C22H29N5O2/c1-16-7-9-27(10-8-16)22(28)19-15-21(24-17(2)23-19)25-18-5-3-4-6-20(18)26-11-13-29-14-12-26/h3-6,15-16H,7-14H2,1-2H3,(H,23,24,25). The minimum atomic E-state index is -0.00749. The molecule has 0 unspecified atom stereocenters. The SMILES string of the molecule is Cc1nc(Nc2ccccc2N2CCOCC2)cc(C(=O)N2CCC(C)CC2)n1. The van der Waals surface area contributed by atoms with Crippen LogP contribution in [0.15, 0.2) is 30.3 Å². The maximum atomic E-state index is 13.0. The number of amides is 1. The number of aromatic nitrogens is 2. The average Bonchev–Trinajstić information content (AvgIpc) is 2.74. The number of carbonyl (C=O) groups is 1. The van der Waals surface area contributed by atoms with Crippen molar-refractivity contribution in [1.82, 2.24) is 14.9 Å². The van der Waals surface area contributed by atoms with E-state index in [0.29, 0.717) is 23.3 Å². The van der Waals surface area contributed by atoms with Gasteiger partial charge in [0.25, 0.3) is 5.91 Å². The first-order chi connectivity index (χ1) is 14.1. The highest BCUT2D eigenvalue weighted by atomic mass is 16.5. The predicted octanol–water partition coefficient (Wildman–Crippen LogP) is 3.24. The molecule has 0 atom stereocenters. The normalized spacial score (nSPS) is 18.0. The second-order valence-electron chi connectivity index (χ2n) is 7.90. The van der Waals surface area contributed by atoms with Crippen molar-refractivity contribution < 1.29 is 9.53 Å². The fourth-order valence-electron chi connectivity index (χ4n) is 3.91. The van der Waals surface area contributed by atoms with Crippen LogP contribution in [-0.2, 0) is 4.74 Å². The van der Waals surface area contributed by atoms with Gasteiger partial charge in [-0.05, 0) is 37.8 Å². The van der Waals surface area contributed by atoms with E-state index in [9.17, 15) is 4.79 Å². The second-order valence-corrected chi connectivity index (χ2v) is 7.90. The Morgan fingerprint density at radius 2 is 1.83 bits per heavy atom. The molecule has 1 aromatic heterocycles. The summed E-state index contributed by atoms with van der Waals surface area (Å²) in [5.41, 5.74) is 2.54. The number of piperidine rings is 1. The summed E-state index contributed by atoms with van der Waals surface area (Å²) in [6, 6.07) is 9.94. The Morgan fingerprint density at radius 1 is 1.10 bits per heavy atom. The van der Waals surface area contributed by atoms with Crippen LogP contribution in [0.5, 0.6) is 0 Å². The summed E-state index contributed by atoms with van der Waals surface area (Å²) in [5.74, 6) is 1.91. The highest BCUT2D eigenvalue weighted by Gasteiger charge is 2.23. The third-order valence-corrected chi connectivity index (χ3v) is 5.65. The van der Waals surface area contributed by atoms with Gasteiger partial charge in [0.1, 0.15) is 17.3 Å². The lowest BCUT2D eigenvalue weighted by molar-refractivity contribution is 0.0691. The number of benzene rings is 1. The molecule has 1 N–H and O–H groups in total. The molecule has 2 fully saturated rings. The van der Waals surface area contributed by atoms with Crippen molar-refractivity contribution >= 4 is 23.1 Å². The number of aryl methyl sites for hydroxylation is 1. The fourth-order valence-corrected chi connectivity index (χ4v) is 3.91. The molecule has 0 radical (unpaired) electrons. The van der Waals surface area contributed by atoms with E-state index in [0.717, 1.165) is 63.6 Å². The Kier molecular flexibility index (Phi) is 5.94. The zero-order valence-electron chi connectivity index (χ0n) is 17.2. The first-order valence-corrected chi connectivity index (χ1v) is 10.4. The topological polar surface area (TPSA) is 70.6 Å². The smallest absolute Gasteiger partial charge is 0.272 e. The summed E-state index contributed by atoms with van der Waals surface area (Å²) < 4.78 is 5.48. The quantitative estimate of drug-likeness (QED) is 0.857. The monoisotopic (exact) mass is 395 g/mol. The van der Waals surface area contributed by atoms with Crippen LogP contribution in [0, 0.1) is 12.8 Å². The maximum Gasteiger partial charge on any atom is 0.272 e. The Bertz CT molecular complexity index is 858. The summed E-state index contributed by atoms with van der Waals surface area (Å²) >= 11 is 0. The van der Waals surface area contributed by atoms with Crippen LogP contribution in [0.1, 0.15) is 36.1 Å². The van der Waals surface area contributed by atoms with Crippen LogP contribution in [-0.4, -0.2) is 60.2 Å². The van der Waals surface area contributed by atoms with Gasteiger partial charge in [0.2, 0.25) is 0 Å². The number of nitrogens with zero attached hydrogens (tertiary/aromatic N) is 4. The molecule has 0 spiro atoms. The first kappa shape index (κ1) is 19.6. The molecule has 29 heavy (non-hydrogen) atoms. The molecule has 0 saturated carbocycles. The molecule has 0 bridgehead atoms. The summed E-state index contributed by atoms with van der Waals surface area (Å²) in [6.07, 6.45) is 2.10. The van der Waals surface area contributed by atoms with Gasteiger partial charge < -0.3 is 19.9 Å². The number of carbonyl (C=O) groups excluding carboxylic acids is 1. The van der Waals surface area contributed by atoms with Gasteiger partial charge in [-0.15, -0.1) is 0 Å². The van der Waals surface area contributed by atoms with E-state index in [4.69, 9.17) is 4.74 Å². The van der Waals surface area contributed by atoms with E-state index in [1.165, 1.54) is 0 Å². The molecular weight excluding hydrogens is 366 g/mol. The van der Waals surface area contributed by atoms with Gasteiger partial charge >= 0.3 is 0 Å². The molecule has 3 heterocycles. The highest BCUT2D eigenvalue weighted by molar-refractivity contribution is 5.93. The molecule has 2 saturated heterocycles. The Hall–Kier alpha value is -2.67. The summed E-state index contributed by atoms with van der Waals surface area (Å²) in [6.45, 7) is 8.84. The van der Waals surface area contributed by atoms with Gasteiger partial charge in [-0.25, -0.2) is 9.97 Å². The molecule has 154 valence electrons. The van der Waals surface area contributed by atoms with Gasteiger partial charge in [-0.2, -0.15) is 0 Å². The van der Waals surface area contributed by atoms with E-state index in [-0.39, 0.29) is 5.91 Å². The van der Waals surface area contributed by atoms with Crippen LogP contribution in [0.25, 0.3) is 0 Å². The number of nitrogens with one attached hydrogen (secondary N) is 1. The lowest BCUT2D eigenvalue weighted by Gasteiger charge is -2.31. The number of rotatable bonds is 4. The van der Waals surface area contributed by atoms with Gasteiger partial charge in [0.05, 0.1) is 24.6 Å². The highest BCUT2D eigenvalue weighted by Crippen LogP contribution is 2.29. The fraction of sp³-hybridized carbons (Fsp3) is 0.500. The summed E-state index contributed by atoms with van der Waals surface area (Å²) in [5, 5.41) is 3.41. The molecule has 7 heteroatoms. The van der Waals surface area contributed by atoms with Crippen LogP contribution in [0.2, 0.25) is 0 Å². The summed E-state index contributed by atoms with van der Waals surface area (Å²) in [4.78, 5) is 26.1. The van der Waals surface area contributed by atoms with E-state index in [2.05, 4.69) is 33.2 Å². The number of para-hydroxylation sites is 2. The van der Waals surface area contributed by atoms with Gasteiger partial charge in [0, 0.05) is 32.2 Å². The van der Waals surface area contributed by atoms with Crippen LogP contribution < -0.4 is 10.2 Å². The van der Waals surface area contributed by atoms with E-state index in [1.54, 1.807) is 6.07 Å². The van der Waals surface area contributed by atoms with Crippen molar-refractivity contribution in [3.8, 4) is 0 Å². The van der Waals surface area contributed by atoms with Crippen molar-refractivity contribution in [3.63, 3.8) is 0 Å². The molecule has 0 aliphatic carbocycles. The zero-order chi connectivity index (χ0) is 20.2. The zero-order valence-corrected chi connectivity index (χ0v) is 17.2. The Labute approximate surface area is 172 Å². The van der Waals surface area contributed by atoms with Gasteiger partial charge in [-0.3, -0.25) is 4.79 Å². The predicted molar refractivity (Wildman–Crippen MR) is 114 cm³/mol. The summed E-state index contributed by atoms with van der Waals surface area (Å²) in [7, 11) is 0. The number of hydrogen-bond acceptors (Lipinski definition) is 6. The minimum Gasteiger partial charge on any atom is -0.378 e. The van der Waals surface area contributed by atoms with Crippen LogP contribution >= 0.6 is 0 Å². The molecule has 1 aromatic carbocycles. The van der Waals surface area contributed by atoms with Gasteiger partial charge in [-0.1, -0.05) is 19.1 Å². The van der Waals surface area contributed by atoms with Crippen LogP contribution in [0.3, 0.4) is 0 Å². The molecule has 4 rings (SSSR count). The Morgan fingerprint density at radius 3 is 2.59 bits per heavy atom. The molecule has 2 aromatic rings. The third kappa shape index (κ3) is 4.67. The molecule has 2 aliphatic heterocycles. The van der Waals surface area contributed by atoms with Crippen molar-refractivity contribution in [2.45, 2.75) is 26.7 Å². The number of morpholine rings is 1. The van der Waals surface area contributed by atoms with Crippen molar-refractivity contribution in [3.05, 3.63) is 41.9 Å². The number of anilines is 3. The maximum absolute atomic E-state index is 13.0. The van der Waals surface area contributed by atoms with Crippen LogP contribution in [0.4, 0.5) is 17.2 Å². The third-order valence-electron chi connectivity index (χ3n) is 5.65. The lowest BCUT2D eigenvalue weighted by atomic mass is 9.99. The van der Waals surface area contributed by atoms with Crippen molar-refractivity contribution in [2.24, 2.45) is 5.92 Å². The molecular formula is C22H29N5O2. The first-order valence-electron chi connectivity index (χ1n) is 10.4.